The Morgan fingerprint density at radius 1 is 1.73 bits per heavy atom. The fraction of sp³-hybridized carbons (Fsp3) is 0.286. The van der Waals surface area contributed by atoms with Crippen LogP contribution in [-0.2, 0) is 0 Å². The number of aliphatic hydroxyl groups is 1. The number of thiocarbonyl (C=S) groups is 1. The van der Waals surface area contributed by atoms with Gasteiger partial charge >= 0.3 is 0 Å². The molecule has 0 radical (unpaired) electrons. The van der Waals surface area contributed by atoms with Crippen molar-refractivity contribution in [3.05, 3.63) is 24.2 Å². The molecule has 0 saturated heterocycles. The van der Waals surface area contributed by atoms with Crippen molar-refractivity contribution >= 4 is 17.2 Å². The zero-order valence-electron chi connectivity index (χ0n) is 5.91. The van der Waals surface area contributed by atoms with E-state index in [2.05, 4.69) is 5.32 Å². The third-order valence-electron chi connectivity index (χ3n) is 1.14. The molecular formula is C7H9NO2S. The Morgan fingerprint density at radius 2 is 2.55 bits per heavy atom. The standard InChI is InChI=1S/C7H9NO2S/c9-4-3-8-7(11)6-2-1-5-10-6/h1-2,5,9H,3-4H2,(H,8,11). The van der Waals surface area contributed by atoms with Gasteiger partial charge in [-0.3, -0.25) is 0 Å². The molecule has 0 amide bonds. The SMILES string of the molecule is OCCNC(=S)c1ccco1. The van der Waals surface area contributed by atoms with Crippen LogP contribution in [0.3, 0.4) is 0 Å². The number of nitrogens with one attached hydrogen (secondary N) is 1. The van der Waals surface area contributed by atoms with Crippen LogP contribution in [0.15, 0.2) is 22.8 Å². The van der Waals surface area contributed by atoms with Gasteiger partial charge in [-0.15, -0.1) is 0 Å². The predicted octanol–water partition coefficient (Wildman–Crippen LogP) is 0.537. The molecule has 0 atom stereocenters. The number of furan rings is 1. The summed E-state index contributed by atoms with van der Waals surface area (Å²) in [6, 6.07) is 3.54. The molecule has 0 aromatic carbocycles. The fourth-order valence-corrected chi connectivity index (χ4v) is 0.883. The molecule has 11 heavy (non-hydrogen) atoms. The molecule has 60 valence electrons. The van der Waals surface area contributed by atoms with E-state index >= 15 is 0 Å². The lowest BCUT2D eigenvalue weighted by Crippen LogP contribution is -2.24. The van der Waals surface area contributed by atoms with E-state index < -0.39 is 0 Å². The molecule has 0 aliphatic carbocycles. The van der Waals surface area contributed by atoms with Crippen LogP contribution in [0, 0.1) is 0 Å². The van der Waals surface area contributed by atoms with Gasteiger partial charge in [-0.05, 0) is 12.1 Å². The summed E-state index contributed by atoms with van der Waals surface area (Å²) >= 11 is 4.92. The molecule has 0 aliphatic heterocycles. The minimum atomic E-state index is 0.0703. The summed E-state index contributed by atoms with van der Waals surface area (Å²) in [5.41, 5.74) is 0. The van der Waals surface area contributed by atoms with Crippen LogP contribution in [0.5, 0.6) is 0 Å². The molecule has 0 spiro atoms. The van der Waals surface area contributed by atoms with Gasteiger partial charge in [0.1, 0.15) is 4.99 Å². The molecule has 1 aromatic rings. The molecule has 1 heterocycles. The Bertz CT molecular complexity index is 220. The van der Waals surface area contributed by atoms with Crippen LogP contribution in [0.25, 0.3) is 0 Å². The largest absolute Gasteiger partial charge is 0.462 e. The quantitative estimate of drug-likeness (QED) is 0.651. The molecule has 3 nitrogen and oxygen atoms in total. The summed E-state index contributed by atoms with van der Waals surface area (Å²) in [6.07, 6.45) is 1.56. The average molecular weight is 171 g/mol. The van der Waals surface area contributed by atoms with Crippen LogP contribution < -0.4 is 5.32 Å². The Balaban J connectivity index is 2.43. The molecule has 1 aromatic heterocycles. The van der Waals surface area contributed by atoms with Crippen molar-refractivity contribution in [2.24, 2.45) is 0 Å². The molecular weight excluding hydrogens is 162 g/mol. The Hall–Kier alpha value is -0.870. The van der Waals surface area contributed by atoms with E-state index in [9.17, 15) is 0 Å². The van der Waals surface area contributed by atoms with E-state index in [-0.39, 0.29) is 6.61 Å². The fourth-order valence-electron chi connectivity index (χ4n) is 0.664. The van der Waals surface area contributed by atoms with Crippen molar-refractivity contribution in [3.8, 4) is 0 Å². The molecule has 4 heteroatoms. The van der Waals surface area contributed by atoms with Crippen LogP contribution in [0.2, 0.25) is 0 Å². The topological polar surface area (TPSA) is 45.4 Å². The van der Waals surface area contributed by atoms with E-state index in [1.165, 1.54) is 0 Å². The van der Waals surface area contributed by atoms with Gasteiger partial charge < -0.3 is 14.8 Å². The first-order chi connectivity index (χ1) is 5.34. The smallest absolute Gasteiger partial charge is 0.160 e. The Labute approximate surface area is 70.0 Å². The van der Waals surface area contributed by atoms with Crippen LogP contribution in [0.1, 0.15) is 5.76 Å². The lowest BCUT2D eigenvalue weighted by atomic mass is 10.4. The number of rotatable bonds is 3. The molecule has 2 N–H and O–H groups in total. The van der Waals surface area contributed by atoms with Crippen molar-refractivity contribution < 1.29 is 9.52 Å². The highest BCUT2D eigenvalue weighted by Gasteiger charge is 2.00. The van der Waals surface area contributed by atoms with Crippen molar-refractivity contribution in [1.82, 2.24) is 5.32 Å². The highest BCUT2D eigenvalue weighted by atomic mass is 32.1. The first-order valence-corrected chi connectivity index (χ1v) is 3.68. The minimum absolute atomic E-state index is 0.0703. The van der Waals surface area contributed by atoms with E-state index in [1.807, 2.05) is 0 Å². The summed E-state index contributed by atoms with van der Waals surface area (Å²) in [5.74, 6) is 0.633. The maximum Gasteiger partial charge on any atom is 0.160 e. The van der Waals surface area contributed by atoms with Gasteiger partial charge in [-0.2, -0.15) is 0 Å². The third kappa shape index (κ3) is 2.32. The average Bonchev–Trinajstić information content (AvgIpc) is 2.52. The van der Waals surface area contributed by atoms with Gasteiger partial charge in [0.2, 0.25) is 0 Å². The summed E-state index contributed by atoms with van der Waals surface area (Å²) in [4.78, 5) is 0.532. The molecule has 0 bridgehead atoms. The first-order valence-electron chi connectivity index (χ1n) is 3.27. The second kappa shape index (κ2) is 4.10. The zero-order chi connectivity index (χ0) is 8.10. The highest BCUT2D eigenvalue weighted by Crippen LogP contribution is 1.99. The van der Waals surface area contributed by atoms with Crippen LogP contribution in [0.4, 0.5) is 0 Å². The monoisotopic (exact) mass is 171 g/mol. The normalized spacial score (nSPS) is 9.55. The highest BCUT2D eigenvalue weighted by molar-refractivity contribution is 7.80. The summed E-state index contributed by atoms with van der Waals surface area (Å²) in [5, 5.41) is 11.3. The summed E-state index contributed by atoms with van der Waals surface area (Å²) in [6.45, 7) is 0.528. The van der Waals surface area contributed by atoms with E-state index in [0.29, 0.717) is 17.3 Å². The van der Waals surface area contributed by atoms with Crippen LogP contribution >= 0.6 is 12.2 Å². The molecule has 0 unspecified atom stereocenters. The maximum absolute atomic E-state index is 8.46. The van der Waals surface area contributed by atoms with E-state index in [0.717, 1.165) is 0 Å². The van der Waals surface area contributed by atoms with Gasteiger partial charge in [0.25, 0.3) is 0 Å². The molecule has 0 saturated carbocycles. The van der Waals surface area contributed by atoms with Gasteiger partial charge in [0.05, 0.1) is 12.9 Å². The van der Waals surface area contributed by atoms with Gasteiger partial charge in [-0.1, -0.05) is 12.2 Å². The zero-order valence-corrected chi connectivity index (χ0v) is 6.73. The second-order valence-electron chi connectivity index (χ2n) is 1.96. The third-order valence-corrected chi connectivity index (χ3v) is 1.49. The van der Waals surface area contributed by atoms with Crippen LogP contribution in [-0.4, -0.2) is 23.2 Å². The van der Waals surface area contributed by atoms with Crippen molar-refractivity contribution in [2.45, 2.75) is 0 Å². The maximum atomic E-state index is 8.46. The van der Waals surface area contributed by atoms with Crippen molar-refractivity contribution in [2.75, 3.05) is 13.2 Å². The molecule has 0 aliphatic rings. The lowest BCUT2D eigenvalue weighted by molar-refractivity contribution is 0.300. The van der Waals surface area contributed by atoms with Crippen molar-refractivity contribution in [1.29, 1.82) is 0 Å². The molecule has 0 fully saturated rings. The van der Waals surface area contributed by atoms with E-state index in [1.54, 1.807) is 18.4 Å². The summed E-state index contributed by atoms with van der Waals surface area (Å²) in [7, 11) is 0. The van der Waals surface area contributed by atoms with Gasteiger partial charge in [0, 0.05) is 6.54 Å². The lowest BCUT2D eigenvalue weighted by Gasteiger charge is -2.01. The van der Waals surface area contributed by atoms with E-state index in [4.69, 9.17) is 21.7 Å². The Kier molecular flexibility index (Phi) is 3.07. The minimum Gasteiger partial charge on any atom is -0.462 e. The van der Waals surface area contributed by atoms with Gasteiger partial charge in [0.15, 0.2) is 5.76 Å². The summed E-state index contributed by atoms with van der Waals surface area (Å²) < 4.78 is 5.01. The predicted molar refractivity (Wildman–Crippen MR) is 45.5 cm³/mol. The second-order valence-corrected chi connectivity index (χ2v) is 2.37. The first kappa shape index (κ1) is 8.23. The number of aliphatic hydroxyl groups excluding tert-OH is 1. The van der Waals surface area contributed by atoms with Crippen molar-refractivity contribution in [3.63, 3.8) is 0 Å². The number of hydrogen-bond acceptors (Lipinski definition) is 3. The molecule has 1 rings (SSSR count). The van der Waals surface area contributed by atoms with Gasteiger partial charge in [-0.25, -0.2) is 0 Å². The Morgan fingerprint density at radius 3 is 3.09 bits per heavy atom. The number of hydrogen-bond donors (Lipinski definition) is 2.